The number of piperazine rings is 1. The lowest BCUT2D eigenvalue weighted by atomic mass is 10.0. The molecule has 1 aliphatic carbocycles. The Morgan fingerprint density at radius 2 is 1.79 bits per heavy atom. The van der Waals surface area contributed by atoms with Gasteiger partial charge in [-0.3, -0.25) is 4.90 Å². The Morgan fingerprint density at radius 3 is 2.38 bits per heavy atom. The van der Waals surface area contributed by atoms with Gasteiger partial charge in [0.25, 0.3) is 0 Å². The summed E-state index contributed by atoms with van der Waals surface area (Å²) in [6.45, 7) is 9.68. The van der Waals surface area contributed by atoms with Gasteiger partial charge in [-0.2, -0.15) is 0 Å². The first-order valence-electron chi connectivity index (χ1n) is 8.83. The van der Waals surface area contributed by atoms with E-state index in [1.807, 2.05) is 20.8 Å². The van der Waals surface area contributed by atoms with Gasteiger partial charge in [0.2, 0.25) is 0 Å². The molecule has 7 nitrogen and oxygen atoms in total. The smallest absolute Gasteiger partial charge is 0.409 e. The van der Waals surface area contributed by atoms with E-state index in [4.69, 9.17) is 9.47 Å². The highest BCUT2D eigenvalue weighted by Crippen LogP contribution is 2.27. The maximum atomic E-state index is 12.0. The van der Waals surface area contributed by atoms with Crippen LogP contribution in [0.1, 0.15) is 40.0 Å². The first-order valence-corrected chi connectivity index (χ1v) is 8.83. The Morgan fingerprint density at radius 1 is 1.12 bits per heavy atom. The summed E-state index contributed by atoms with van der Waals surface area (Å²) in [5.74, 6) is 0.446. The zero-order chi connectivity index (χ0) is 17.7. The van der Waals surface area contributed by atoms with E-state index in [1.54, 1.807) is 4.90 Å². The summed E-state index contributed by atoms with van der Waals surface area (Å²) < 4.78 is 10.1. The molecule has 0 radical (unpaired) electrons. The number of methoxy groups -OCH3 is 1. The van der Waals surface area contributed by atoms with Crippen LogP contribution in [0.3, 0.4) is 0 Å². The van der Waals surface area contributed by atoms with Crippen LogP contribution in [0.4, 0.5) is 9.59 Å². The van der Waals surface area contributed by atoms with E-state index in [0.717, 1.165) is 38.9 Å². The number of amides is 2. The first kappa shape index (κ1) is 18.8. The van der Waals surface area contributed by atoms with E-state index in [9.17, 15) is 9.59 Å². The highest BCUT2D eigenvalue weighted by molar-refractivity contribution is 5.68. The molecule has 0 aromatic heterocycles. The third-order valence-corrected chi connectivity index (χ3v) is 4.66. The molecule has 0 spiro atoms. The van der Waals surface area contributed by atoms with Crippen LogP contribution >= 0.6 is 0 Å². The van der Waals surface area contributed by atoms with Crippen LogP contribution in [-0.4, -0.2) is 73.5 Å². The number of carbonyl (C=O) groups is 2. The number of hydrogen-bond acceptors (Lipinski definition) is 5. The zero-order valence-electron chi connectivity index (χ0n) is 15.3. The SMILES string of the molecule is COC(=O)N1CCN(C[C@@H]2CCC[C@@H]2NC(=O)OC(C)(C)C)CC1. The van der Waals surface area contributed by atoms with E-state index in [1.165, 1.54) is 7.11 Å². The molecule has 1 saturated carbocycles. The Labute approximate surface area is 144 Å². The molecule has 7 heteroatoms. The lowest BCUT2D eigenvalue weighted by molar-refractivity contribution is 0.0475. The van der Waals surface area contributed by atoms with Crippen LogP contribution in [-0.2, 0) is 9.47 Å². The summed E-state index contributed by atoms with van der Waals surface area (Å²) in [4.78, 5) is 27.6. The molecule has 2 atom stereocenters. The maximum Gasteiger partial charge on any atom is 0.409 e. The molecule has 1 N–H and O–H groups in total. The van der Waals surface area contributed by atoms with Crippen LogP contribution in [0.25, 0.3) is 0 Å². The van der Waals surface area contributed by atoms with Crippen molar-refractivity contribution >= 4 is 12.2 Å². The van der Waals surface area contributed by atoms with Crippen molar-refractivity contribution in [3.63, 3.8) is 0 Å². The predicted octanol–water partition coefficient (Wildman–Crippen LogP) is 2.06. The minimum atomic E-state index is -0.470. The molecule has 24 heavy (non-hydrogen) atoms. The molecule has 1 heterocycles. The average Bonchev–Trinajstić information content (AvgIpc) is 2.92. The van der Waals surface area contributed by atoms with Gasteiger partial charge in [-0.05, 0) is 39.5 Å². The van der Waals surface area contributed by atoms with Crippen molar-refractivity contribution in [2.45, 2.75) is 51.7 Å². The van der Waals surface area contributed by atoms with Crippen molar-refractivity contribution in [1.82, 2.24) is 15.1 Å². The topological polar surface area (TPSA) is 71.1 Å². The molecule has 0 unspecified atom stereocenters. The van der Waals surface area contributed by atoms with E-state index >= 15 is 0 Å². The van der Waals surface area contributed by atoms with E-state index < -0.39 is 5.60 Å². The van der Waals surface area contributed by atoms with E-state index in [-0.39, 0.29) is 18.2 Å². The van der Waals surface area contributed by atoms with Gasteiger partial charge in [0, 0.05) is 38.8 Å². The average molecular weight is 341 g/mol. The minimum Gasteiger partial charge on any atom is -0.453 e. The summed E-state index contributed by atoms with van der Waals surface area (Å²) in [6, 6.07) is 0.179. The molecule has 0 aromatic rings. The number of hydrogen-bond donors (Lipinski definition) is 1. The van der Waals surface area contributed by atoms with Crippen LogP contribution < -0.4 is 5.32 Å². The fraction of sp³-hybridized carbons (Fsp3) is 0.882. The number of carbonyl (C=O) groups excluding carboxylic acids is 2. The largest absolute Gasteiger partial charge is 0.453 e. The Bertz CT molecular complexity index is 442. The molecule has 2 rings (SSSR count). The molecular weight excluding hydrogens is 310 g/mol. The van der Waals surface area contributed by atoms with Crippen molar-refractivity contribution in [2.75, 3.05) is 39.8 Å². The van der Waals surface area contributed by atoms with Crippen LogP contribution in [0, 0.1) is 5.92 Å². The van der Waals surface area contributed by atoms with Crippen molar-refractivity contribution in [1.29, 1.82) is 0 Å². The lowest BCUT2D eigenvalue weighted by Gasteiger charge is -2.36. The van der Waals surface area contributed by atoms with Crippen molar-refractivity contribution in [3.8, 4) is 0 Å². The summed E-state index contributed by atoms with van der Waals surface area (Å²) in [5, 5.41) is 3.04. The van der Waals surface area contributed by atoms with Crippen molar-refractivity contribution in [2.24, 2.45) is 5.92 Å². The molecule has 1 saturated heterocycles. The highest BCUT2D eigenvalue weighted by atomic mass is 16.6. The van der Waals surface area contributed by atoms with Gasteiger partial charge in [-0.25, -0.2) is 9.59 Å². The number of nitrogens with zero attached hydrogens (tertiary/aromatic N) is 2. The van der Waals surface area contributed by atoms with Gasteiger partial charge in [0.05, 0.1) is 7.11 Å². The first-order chi connectivity index (χ1) is 11.3. The second kappa shape index (κ2) is 8.05. The third kappa shape index (κ3) is 5.54. The number of alkyl carbamates (subject to hydrolysis) is 1. The Balaban J connectivity index is 1.78. The van der Waals surface area contributed by atoms with Crippen molar-refractivity contribution < 1.29 is 19.1 Å². The highest BCUT2D eigenvalue weighted by Gasteiger charge is 2.32. The van der Waals surface area contributed by atoms with E-state index in [0.29, 0.717) is 19.0 Å². The second-order valence-corrected chi connectivity index (χ2v) is 7.70. The summed E-state index contributed by atoms with van der Waals surface area (Å²) in [7, 11) is 1.42. The summed E-state index contributed by atoms with van der Waals surface area (Å²) >= 11 is 0. The van der Waals surface area contributed by atoms with Gasteiger partial charge in [0.1, 0.15) is 5.60 Å². The second-order valence-electron chi connectivity index (χ2n) is 7.70. The summed E-state index contributed by atoms with van der Waals surface area (Å²) in [6.07, 6.45) is 2.69. The molecule has 0 aromatic carbocycles. The molecular formula is C17H31N3O4. The maximum absolute atomic E-state index is 12.0. The predicted molar refractivity (Wildman–Crippen MR) is 90.9 cm³/mol. The molecule has 2 fully saturated rings. The summed E-state index contributed by atoms with van der Waals surface area (Å²) in [5.41, 5.74) is -0.470. The molecule has 0 bridgehead atoms. The van der Waals surface area contributed by atoms with Gasteiger partial charge in [-0.15, -0.1) is 0 Å². The molecule has 138 valence electrons. The van der Waals surface area contributed by atoms with Gasteiger partial charge in [0.15, 0.2) is 0 Å². The monoisotopic (exact) mass is 341 g/mol. The number of nitrogens with one attached hydrogen (secondary N) is 1. The van der Waals surface area contributed by atoms with Gasteiger partial charge < -0.3 is 19.7 Å². The Kier molecular flexibility index (Phi) is 6.32. The fourth-order valence-electron chi connectivity index (χ4n) is 3.48. The molecule has 2 aliphatic rings. The fourth-order valence-corrected chi connectivity index (χ4v) is 3.48. The van der Waals surface area contributed by atoms with Crippen LogP contribution in [0.5, 0.6) is 0 Å². The van der Waals surface area contributed by atoms with E-state index in [2.05, 4.69) is 10.2 Å². The van der Waals surface area contributed by atoms with Crippen LogP contribution in [0.2, 0.25) is 0 Å². The van der Waals surface area contributed by atoms with Gasteiger partial charge in [-0.1, -0.05) is 6.42 Å². The Hall–Kier alpha value is -1.50. The quantitative estimate of drug-likeness (QED) is 0.851. The van der Waals surface area contributed by atoms with Gasteiger partial charge >= 0.3 is 12.2 Å². The zero-order valence-corrected chi connectivity index (χ0v) is 15.3. The van der Waals surface area contributed by atoms with Crippen LogP contribution in [0.15, 0.2) is 0 Å². The third-order valence-electron chi connectivity index (χ3n) is 4.66. The minimum absolute atomic E-state index is 0.179. The number of rotatable bonds is 3. The standard InChI is InChI=1S/C17H31N3O4/c1-17(2,3)24-15(21)18-14-7-5-6-13(14)12-19-8-10-20(11-9-19)16(22)23-4/h13-14H,5-12H2,1-4H3,(H,18,21)/t13-,14-/m0/s1. The van der Waals surface area contributed by atoms with Crippen molar-refractivity contribution in [3.05, 3.63) is 0 Å². The lowest BCUT2D eigenvalue weighted by Crippen LogP contribution is -2.51. The number of ether oxygens (including phenoxy) is 2. The molecule has 2 amide bonds. The molecule has 1 aliphatic heterocycles. The normalized spacial score (nSPS) is 25.4.